The molecule has 3 N–H and O–H groups in total. The predicted molar refractivity (Wildman–Crippen MR) is 57.3 cm³/mol. The van der Waals surface area contributed by atoms with E-state index in [1.165, 1.54) is 0 Å². The number of amides is 1. The molecule has 1 amide bonds. The Morgan fingerprint density at radius 2 is 2.33 bits per heavy atom. The number of ether oxygens (including phenoxy) is 1. The van der Waals surface area contributed by atoms with E-state index in [4.69, 9.17) is 10.5 Å². The molecule has 1 atom stereocenters. The summed E-state index contributed by atoms with van der Waals surface area (Å²) in [5, 5.41) is 3.05. The summed E-state index contributed by atoms with van der Waals surface area (Å²) in [4.78, 5) is 12.0. The third kappa shape index (κ3) is 2.01. The summed E-state index contributed by atoms with van der Waals surface area (Å²) in [5.74, 6) is 0.776. The highest BCUT2D eigenvalue weighted by Crippen LogP contribution is 2.44. The van der Waals surface area contributed by atoms with Gasteiger partial charge in [-0.2, -0.15) is 0 Å². The maximum Gasteiger partial charge on any atom is 0.227 e. The van der Waals surface area contributed by atoms with Crippen molar-refractivity contribution in [2.24, 2.45) is 17.1 Å². The van der Waals surface area contributed by atoms with Crippen LogP contribution in [0.15, 0.2) is 0 Å². The fourth-order valence-corrected chi connectivity index (χ4v) is 2.71. The van der Waals surface area contributed by atoms with Gasteiger partial charge in [-0.1, -0.05) is 6.92 Å². The second-order valence-corrected chi connectivity index (χ2v) is 5.03. The maximum atomic E-state index is 12.0. The van der Waals surface area contributed by atoms with Gasteiger partial charge in [0.25, 0.3) is 0 Å². The largest absolute Gasteiger partial charge is 0.379 e. The van der Waals surface area contributed by atoms with Crippen LogP contribution >= 0.6 is 0 Å². The summed E-state index contributed by atoms with van der Waals surface area (Å²) in [6.07, 6.45) is 2.80. The van der Waals surface area contributed by atoms with Gasteiger partial charge >= 0.3 is 0 Å². The van der Waals surface area contributed by atoms with E-state index in [1.807, 2.05) is 0 Å². The van der Waals surface area contributed by atoms with Gasteiger partial charge in [0.05, 0.1) is 18.1 Å². The van der Waals surface area contributed by atoms with Crippen LogP contribution in [0, 0.1) is 11.3 Å². The molecule has 86 valence electrons. The van der Waals surface area contributed by atoms with Crippen LogP contribution in [-0.2, 0) is 9.53 Å². The summed E-state index contributed by atoms with van der Waals surface area (Å²) in [7, 11) is 0. The molecule has 4 heteroatoms. The molecule has 1 saturated carbocycles. The van der Waals surface area contributed by atoms with Gasteiger partial charge in [-0.05, 0) is 25.2 Å². The van der Waals surface area contributed by atoms with Gasteiger partial charge in [-0.15, -0.1) is 0 Å². The van der Waals surface area contributed by atoms with E-state index in [2.05, 4.69) is 12.2 Å². The van der Waals surface area contributed by atoms with Crippen molar-refractivity contribution in [2.45, 2.75) is 32.2 Å². The number of hydrogen-bond donors (Lipinski definition) is 2. The third-order valence-corrected chi connectivity index (χ3v) is 3.62. The molecule has 2 rings (SSSR count). The first-order valence-electron chi connectivity index (χ1n) is 5.75. The Morgan fingerprint density at radius 1 is 1.60 bits per heavy atom. The topological polar surface area (TPSA) is 64.4 Å². The molecule has 0 aromatic heterocycles. The molecule has 1 saturated heterocycles. The molecule has 4 nitrogen and oxygen atoms in total. The van der Waals surface area contributed by atoms with Crippen molar-refractivity contribution in [3.05, 3.63) is 0 Å². The Morgan fingerprint density at radius 3 is 2.80 bits per heavy atom. The summed E-state index contributed by atoms with van der Waals surface area (Å²) in [5.41, 5.74) is 5.44. The van der Waals surface area contributed by atoms with Gasteiger partial charge in [-0.3, -0.25) is 4.79 Å². The molecule has 15 heavy (non-hydrogen) atoms. The Kier molecular flexibility index (Phi) is 2.98. The van der Waals surface area contributed by atoms with Crippen molar-refractivity contribution in [1.82, 2.24) is 5.32 Å². The normalized spacial score (nSPS) is 39.9. The predicted octanol–water partition coefficient (Wildman–Crippen LogP) is 0.267. The van der Waals surface area contributed by atoms with Crippen LogP contribution in [0.25, 0.3) is 0 Å². The molecule has 1 aliphatic heterocycles. The number of rotatable bonds is 3. The molecule has 1 aliphatic carbocycles. The van der Waals surface area contributed by atoms with Crippen molar-refractivity contribution >= 4 is 5.91 Å². The van der Waals surface area contributed by atoms with E-state index in [9.17, 15) is 4.79 Å². The van der Waals surface area contributed by atoms with Gasteiger partial charge in [0.1, 0.15) is 0 Å². The Balaban J connectivity index is 1.88. The number of carbonyl (C=O) groups is 1. The second-order valence-electron chi connectivity index (χ2n) is 5.03. The Bertz CT molecular complexity index is 243. The molecule has 2 aliphatic rings. The van der Waals surface area contributed by atoms with Gasteiger partial charge in [0.15, 0.2) is 0 Å². The lowest BCUT2D eigenvalue weighted by Crippen LogP contribution is -2.55. The molecule has 1 heterocycles. The Labute approximate surface area is 90.5 Å². The third-order valence-electron chi connectivity index (χ3n) is 3.62. The average Bonchev–Trinajstić information content (AvgIpc) is 2.64. The lowest BCUT2D eigenvalue weighted by molar-refractivity contribution is -0.138. The lowest BCUT2D eigenvalue weighted by Gasteiger charge is -2.44. The zero-order valence-electron chi connectivity index (χ0n) is 9.29. The van der Waals surface area contributed by atoms with E-state index >= 15 is 0 Å². The lowest BCUT2D eigenvalue weighted by atomic mass is 9.62. The van der Waals surface area contributed by atoms with E-state index in [-0.39, 0.29) is 17.4 Å². The van der Waals surface area contributed by atoms with Gasteiger partial charge in [-0.25, -0.2) is 0 Å². The summed E-state index contributed by atoms with van der Waals surface area (Å²) >= 11 is 0. The van der Waals surface area contributed by atoms with E-state index in [1.54, 1.807) is 0 Å². The number of nitrogens with two attached hydrogens (primary N) is 1. The molecule has 0 aromatic carbocycles. The first kappa shape index (κ1) is 10.9. The summed E-state index contributed by atoms with van der Waals surface area (Å²) in [6, 6.07) is 0.205. The standard InChI is InChI=1S/C11H20N2O2/c1-8-4-11(5-8,7-12)10(14)13-9-2-3-15-6-9/h8-9H,2-7,12H2,1H3,(H,13,14). The fourth-order valence-electron chi connectivity index (χ4n) is 2.71. The molecule has 2 fully saturated rings. The van der Waals surface area contributed by atoms with Crippen LogP contribution in [-0.4, -0.2) is 31.7 Å². The number of hydrogen-bond acceptors (Lipinski definition) is 3. The Hall–Kier alpha value is -0.610. The zero-order chi connectivity index (χ0) is 10.9. The maximum absolute atomic E-state index is 12.0. The fraction of sp³-hybridized carbons (Fsp3) is 0.909. The SMILES string of the molecule is CC1CC(CN)(C(=O)NC2CCOC2)C1. The monoisotopic (exact) mass is 212 g/mol. The van der Waals surface area contributed by atoms with Crippen molar-refractivity contribution < 1.29 is 9.53 Å². The molecule has 0 radical (unpaired) electrons. The van der Waals surface area contributed by atoms with Crippen LogP contribution in [0.2, 0.25) is 0 Å². The smallest absolute Gasteiger partial charge is 0.227 e. The quantitative estimate of drug-likeness (QED) is 0.705. The highest BCUT2D eigenvalue weighted by atomic mass is 16.5. The first-order valence-corrected chi connectivity index (χ1v) is 5.75. The van der Waals surface area contributed by atoms with Crippen molar-refractivity contribution in [2.75, 3.05) is 19.8 Å². The summed E-state index contributed by atoms with van der Waals surface area (Å²) < 4.78 is 5.23. The zero-order valence-corrected chi connectivity index (χ0v) is 9.29. The number of nitrogens with one attached hydrogen (secondary N) is 1. The van der Waals surface area contributed by atoms with Crippen LogP contribution in [0.3, 0.4) is 0 Å². The van der Waals surface area contributed by atoms with Crippen molar-refractivity contribution in [3.63, 3.8) is 0 Å². The number of carbonyl (C=O) groups excluding carboxylic acids is 1. The first-order chi connectivity index (χ1) is 7.16. The van der Waals surface area contributed by atoms with Crippen LogP contribution in [0.1, 0.15) is 26.2 Å². The minimum Gasteiger partial charge on any atom is -0.379 e. The molecule has 0 aromatic rings. The molecule has 0 spiro atoms. The van der Waals surface area contributed by atoms with E-state index in [0.29, 0.717) is 19.1 Å². The van der Waals surface area contributed by atoms with Gasteiger partial charge < -0.3 is 15.8 Å². The minimum absolute atomic E-state index is 0.138. The summed E-state index contributed by atoms with van der Waals surface area (Å²) in [6.45, 7) is 4.05. The average molecular weight is 212 g/mol. The van der Waals surface area contributed by atoms with Gasteiger partial charge in [0, 0.05) is 13.2 Å². The highest BCUT2D eigenvalue weighted by molar-refractivity contribution is 5.84. The van der Waals surface area contributed by atoms with Gasteiger partial charge in [0.2, 0.25) is 5.91 Å². The second kappa shape index (κ2) is 4.10. The molecule has 0 bridgehead atoms. The van der Waals surface area contributed by atoms with Crippen molar-refractivity contribution in [1.29, 1.82) is 0 Å². The van der Waals surface area contributed by atoms with Crippen LogP contribution < -0.4 is 11.1 Å². The van der Waals surface area contributed by atoms with Crippen LogP contribution in [0.4, 0.5) is 0 Å². The molecular weight excluding hydrogens is 192 g/mol. The minimum atomic E-state index is -0.276. The van der Waals surface area contributed by atoms with E-state index in [0.717, 1.165) is 25.9 Å². The molecule has 1 unspecified atom stereocenters. The van der Waals surface area contributed by atoms with Crippen LogP contribution in [0.5, 0.6) is 0 Å². The van der Waals surface area contributed by atoms with E-state index < -0.39 is 0 Å². The highest BCUT2D eigenvalue weighted by Gasteiger charge is 2.47. The molecular formula is C11H20N2O2. The van der Waals surface area contributed by atoms with Crippen molar-refractivity contribution in [3.8, 4) is 0 Å².